The first-order valence-electron chi connectivity index (χ1n) is 7.88. The van der Waals surface area contributed by atoms with Crippen LogP contribution in [0, 0.1) is 0 Å². The lowest BCUT2D eigenvalue weighted by Crippen LogP contribution is -2.41. The minimum atomic E-state index is 0.0877. The smallest absolute Gasteiger partial charge is 0.234 e. The molecule has 0 spiro atoms. The average Bonchev–Trinajstić information content (AvgIpc) is 2.99. The van der Waals surface area contributed by atoms with Gasteiger partial charge in [-0.25, -0.2) is 0 Å². The molecule has 1 unspecified atom stereocenters. The van der Waals surface area contributed by atoms with Crippen LogP contribution in [-0.4, -0.2) is 44.0 Å². The van der Waals surface area contributed by atoms with Crippen molar-refractivity contribution < 1.29 is 4.79 Å². The van der Waals surface area contributed by atoms with Gasteiger partial charge >= 0.3 is 0 Å². The van der Waals surface area contributed by atoms with E-state index in [0.717, 1.165) is 0 Å². The Morgan fingerprint density at radius 3 is 2.52 bits per heavy atom. The first kappa shape index (κ1) is 16.0. The van der Waals surface area contributed by atoms with Gasteiger partial charge in [0.1, 0.15) is 0 Å². The molecule has 2 N–H and O–H groups in total. The van der Waals surface area contributed by atoms with Crippen molar-refractivity contribution in [2.24, 2.45) is 0 Å². The van der Waals surface area contributed by atoms with Crippen LogP contribution in [0.5, 0.6) is 0 Å². The minimum absolute atomic E-state index is 0.0877. The number of nitrogens with zero attached hydrogens (tertiary/aromatic N) is 1. The number of rotatable bonds is 7. The van der Waals surface area contributed by atoms with Crippen molar-refractivity contribution in [3.63, 3.8) is 0 Å². The van der Waals surface area contributed by atoms with Gasteiger partial charge in [0.2, 0.25) is 5.91 Å². The standard InChI is InChI=1S/C17H27N3O/c1-20(2)16(14-8-4-3-5-9-14)12-19-17(21)13-18-15-10-6-7-11-15/h3-5,8-9,15-16,18H,6-7,10-13H2,1-2H3,(H,19,21). The molecule has 21 heavy (non-hydrogen) atoms. The molecule has 0 aliphatic heterocycles. The first-order valence-corrected chi connectivity index (χ1v) is 7.88. The Kier molecular flexibility index (Phi) is 6.21. The van der Waals surface area contributed by atoms with Crippen molar-refractivity contribution in [1.29, 1.82) is 0 Å². The number of hydrogen-bond acceptors (Lipinski definition) is 3. The molecule has 4 nitrogen and oxygen atoms in total. The second kappa shape index (κ2) is 8.15. The van der Waals surface area contributed by atoms with E-state index in [-0.39, 0.29) is 11.9 Å². The Bertz CT molecular complexity index is 427. The molecule has 1 atom stereocenters. The van der Waals surface area contributed by atoms with Crippen LogP contribution in [0.25, 0.3) is 0 Å². The highest BCUT2D eigenvalue weighted by atomic mass is 16.1. The molecule has 1 amide bonds. The zero-order valence-corrected chi connectivity index (χ0v) is 13.1. The summed E-state index contributed by atoms with van der Waals surface area (Å²) in [5, 5.41) is 6.39. The van der Waals surface area contributed by atoms with Gasteiger partial charge in [0.05, 0.1) is 12.6 Å². The van der Waals surface area contributed by atoms with Crippen LogP contribution >= 0.6 is 0 Å². The maximum absolute atomic E-state index is 12.0. The molecule has 1 aromatic carbocycles. The average molecular weight is 289 g/mol. The van der Waals surface area contributed by atoms with Crippen LogP contribution in [0.15, 0.2) is 30.3 Å². The number of hydrogen-bond donors (Lipinski definition) is 2. The first-order chi connectivity index (χ1) is 10.2. The normalized spacial score (nSPS) is 17.1. The lowest BCUT2D eigenvalue weighted by molar-refractivity contribution is -0.120. The monoisotopic (exact) mass is 289 g/mol. The summed E-state index contributed by atoms with van der Waals surface area (Å²) in [5.74, 6) is 0.0877. The molecule has 2 rings (SSSR count). The number of likely N-dealkylation sites (N-methyl/N-ethyl adjacent to an activating group) is 1. The highest BCUT2D eigenvalue weighted by Crippen LogP contribution is 2.18. The Hall–Kier alpha value is -1.39. The number of benzene rings is 1. The lowest BCUT2D eigenvalue weighted by atomic mass is 10.1. The molecule has 116 valence electrons. The molecule has 0 bridgehead atoms. The summed E-state index contributed by atoms with van der Waals surface area (Å²) in [6.45, 7) is 1.07. The SMILES string of the molecule is CN(C)C(CNC(=O)CNC1CCCC1)c1ccccc1. The molecule has 0 radical (unpaired) electrons. The molecule has 0 aromatic heterocycles. The van der Waals surface area contributed by atoms with E-state index in [2.05, 4.69) is 27.7 Å². The highest BCUT2D eigenvalue weighted by Gasteiger charge is 2.17. The molecule has 1 saturated carbocycles. The lowest BCUT2D eigenvalue weighted by Gasteiger charge is -2.25. The van der Waals surface area contributed by atoms with Gasteiger partial charge in [-0.05, 0) is 32.5 Å². The van der Waals surface area contributed by atoms with Gasteiger partial charge in [-0.2, -0.15) is 0 Å². The topological polar surface area (TPSA) is 44.4 Å². The van der Waals surface area contributed by atoms with Crippen molar-refractivity contribution in [3.05, 3.63) is 35.9 Å². The van der Waals surface area contributed by atoms with Crippen LogP contribution < -0.4 is 10.6 Å². The summed E-state index contributed by atoms with van der Waals surface area (Å²) in [6, 6.07) is 11.0. The fourth-order valence-electron chi connectivity index (χ4n) is 2.91. The molecule has 1 aromatic rings. The zero-order valence-electron chi connectivity index (χ0n) is 13.1. The van der Waals surface area contributed by atoms with Crippen LogP contribution in [0.3, 0.4) is 0 Å². The maximum atomic E-state index is 12.0. The van der Waals surface area contributed by atoms with Gasteiger partial charge in [-0.1, -0.05) is 43.2 Å². The largest absolute Gasteiger partial charge is 0.353 e. The van der Waals surface area contributed by atoms with E-state index in [1.807, 2.05) is 32.3 Å². The van der Waals surface area contributed by atoms with Gasteiger partial charge in [0.25, 0.3) is 0 Å². The molecule has 0 heterocycles. The number of amides is 1. The minimum Gasteiger partial charge on any atom is -0.353 e. The van der Waals surface area contributed by atoms with E-state index in [1.54, 1.807) is 0 Å². The molecule has 0 saturated heterocycles. The highest BCUT2D eigenvalue weighted by molar-refractivity contribution is 5.78. The second-order valence-electron chi connectivity index (χ2n) is 6.06. The molecule has 4 heteroatoms. The third-order valence-corrected chi connectivity index (χ3v) is 4.21. The van der Waals surface area contributed by atoms with Gasteiger partial charge in [-0.3, -0.25) is 4.79 Å². The molecular formula is C17H27N3O. The summed E-state index contributed by atoms with van der Waals surface area (Å²) in [6.07, 6.45) is 4.99. The van der Waals surface area contributed by atoms with E-state index in [9.17, 15) is 4.79 Å². The fourth-order valence-corrected chi connectivity index (χ4v) is 2.91. The predicted molar refractivity (Wildman–Crippen MR) is 86.1 cm³/mol. The van der Waals surface area contributed by atoms with Gasteiger partial charge in [-0.15, -0.1) is 0 Å². The van der Waals surface area contributed by atoms with E-state index in [4.69, 9.17) is 0 Å². The molecular weight excluding hydrogens is 262 g/mol. The summed E-state index contributed by atoms with van der Waals surface area (Å²) >= 11 is 0. The van der Waals surface area contributed by atoms with E-state index >= 15 is 0 Å². The van der Waals surface area contributed by atoms with Crippen molar-refractivity contribution >= 4 is 5.91 Å². The third-order valence-electron chi connectivity index (χ3n) is 4.21. The van der Waals surface area contributed by atoms with Crippen LogP contribution in [0.4, 0.5) is 0 Å². The van der Waals surface area contributed by atoms with Crippen molar-refractivity contribution in [2.75, 3.05) is 27.2 Å². The molecule has 1 fully saturated rings. The van der Waals surface area contributed by atoms with Crippen molar-refractivity contribution in [3.8, 4) is 0 Å². The summed E-state index contributed by atoms with van der Waals surface area (Å²) in [4.78, 5) is 14.1. The fraction of sp³-hybridized carbons (Fsp3) is 0.588. The van der Waals surface area contributed by atoms with E-state index in [1.165, 1.54) is 31.2 Å². The second-order valence-corrected chi connectivity index (χ2v) is 6.06. The predicted octanol–water partition coefficient (Wildman–Crippen LogP) is 1.94. The third kappa shape index (κ3) is 5.14. The number of carbonyl (C=O) groups excluding carboxylic acids is 1. The Morgan fingerprint density at radius 2 is 1.90 bits per heavy atom. The zero-order chi connectivity index (χ0) is 15.1. The Labute approximate surface area is 127 Å². The molecule has 1 aliphatic carbocycles. The van der Waals surface area contributed by atoms with Gasteiger partial charge in [0.15, 0.2) is 0 Å². The van der Waals surface area contributed by atoms with Crippen molar-refractivity contribution in [1.82, 2.24) is 15.5 Å². The number of carbonyl (C=O) groups is 1. The molecule has 1 aliphatic rings. The Balaban J connectivity index is 1.77. The number of nitrogens with one attached hydrogen (secondary N) is 2. The van der Waals surface area contributed by atoms with Crippen molar-refractivity contribution in [2.45, 2.75) is 37.8 Å². The van der Waals surface area contributed by atoms with Crippen LogP contribution in [0.1, 0.15) is 37.3 Å². The quantitative estimate of drug-likeness (QED) is 0.806. The summed E-state index contributed by atoms with van der Waals surface area (Å²) in [7, 11) is 4.08. The van der Waals surface area contributed by atoms with Crippen LogP contribution in [-0.2, 0) is 4.79 Å². The van der Waals surface area contributed by atoms with E-state index in [0.29, 0.717) is 19.1 Å². The van der Waals surface area contributed by atoms with Gasteiger partial charge < -0.3 is 15.5 Å². The summed E-state index contributed by atoms with van der Waals surface area (Å²) in [5.41, 5.74) is 1.23. The van der Waals surface area contributed by atoms with E-state index < -0.39 is 0 Å². The van der Waals surface area contributed by atoms with Gasteiger partial charge in [0, 0.05) is 12.6 Å². The Morgan fingerprint density at radius 1 is 1.24 bits per heavy atom. The maximum Gasteiger partial charge on any atom is 0.234 e. The van der Waals surface area contributed by atoms with Crippen LogP contribution in [0.2, 0.25) is 0 Å². The summed E-state index contributed by atoms with van der Waals surface area (Å²) < 4.78 is 0.